The third-order valence-corrected chi connectivity index (χ3v) is 3.96. The fourth-order valence-electron chi connectivity index (χ4n) is 2.63. The summed E-state index contributed by atoms with van der Waals surface area (Å²) in [5.74, 6) is 1.23. The van der Waals surface area contributed by atoms with Gasteiger partial charge in [0, 0.05) is 12.1 Å². The first-order chi connectivity index (χ1) is 12.0. The summed E-state index contributed by atoms with van der Waals surface area (Å²) in [6.07, 6.45) is 0.160. The molecule has 0 bridgehead atoms. The van der Waals surface area contributed by atoms with Crippen LogP contribution in [0, 0.1) is 10.1 Å². The number of fused-ring (bicyclic) bond motifs is 1. The predicted octanol–water partition coefficient (Wildman–Crippen LogP) is 2.79. The van der Waals surface area contributed by atoms with Crippen molar-refractivity contribution in [2.24, 2.45) is 0 Å². The van der Waals surface area contributed by atoms with Crippen LogP contribution in [0.3, 0.4) is 0 Å². The van der Waals surface area contributed by atoms with E-state index in [1.807, 2.05) is 25.1 Å². The van der Waals surface area contributed by atoms with Gasteiger partial charge in [0.1, 0.15) is 13.2 Å². The number of non-ortho nitro benzene ring substituents is 1. The highest BCUT2D eigenvalue weighted by Crippen LogP contribution is 2.32. The number of carbonyl (C=O) groups excluding carboxylic acids is 1. The SMILES string of the molecule is C[C@@H](NC(=O)Cc1ccc([N+](=O)[O-])cc1)c1ccc2c(c1)OCCO2. The molecule has 0 aromatic heterocycles. The average molecular weight is 342 g/mol. The molecule has 1 atom stereocenters. The lowest BCUT2D eigenvalue weighted by atomic mass is 10.1. The summed E-state index contributed by atoms with van der Waals surface area (Å²) in [5, 5.41) is 13.6. The number of hydrogen-bond donors (Lipinski definition) is 1. The van der Waals surface area contributed by atoms with Crippen molar-refractivity contribution in [2.45, 2.75) is 19.4 Å². The fraction of sp³-hybridized carbons (Fsp3) is 0.278. The molecule has 0 saturated heterocycles. The Hall–Kier alpha value is -3.09. The second kappa shape index (κ2) is 7.21. The van der Waals surface area contributed by atoms with Gasteiger partial charge in [-0.1, -0.05) is 18.2 Å². The number of rotatable bonds is 5. The van der Waals surface area contributed by atoms with Crippen LogP contribution in [0.25, 0.3) is 0 Å². The zero-order valence-electron chi connectivity index (χ0n) is 13.7. The molecule has 1 amide bonds. The van der Waals surface area contributed by atoms with Gasteiger partial charge in [0.25, 0.3) is 5.69 Å². The molecule has 1 aliphatic heterocycles. The van der Waals surface area contributed by atoms with Crippen LogP contribution >= 0.6 is 0 Å². The van der Waals surface area contributed by atoms with E-state index in [-0.39, 0.29) is 24.1 Å². The molecular formula is C18H18N2O5. The number of hydrogen-bond acceptors (Lipinski definition) is 5. The first-order valence-corrected chi connectivity index (χ1v) is 7.95. The van der Waals surface area contributed by atoms with Gasteiger partial charge < -0.3 is 14.8 Å². The van der Waals surface area contributed by atoms with E-state index in [1.54, 1.807) is 12.1 Å². The minimum Gasteiger partial charge on any atom is -0.486 e. The molecule has 7 nitrogen and oxygen atoms in total. The van der Waals surface area contributed by atoms with Crippen molar-refractivity contribution in [1.29, 1.82) is 0 Å². The van der Waals surface area contributed by atoms with Crippen LogP contribution in [-0.4, -0.2) is 24.0 Å². The highest BCUT2D eigenvalue weighted by Gasteiger charge is 2.16. The summed E-state index contributed by atoms with van der Waals surface area (Å²) in [6, 6.07) is 11.4. The maximum absolute atomic E-state index is 12.2. The summed E-state index contributed by atoms with van der Waals surface area (Å²) in [6.45, 7) is 2.93. The number of amides is 1. The number of nitrogens with one attached hydrogen (secondary N) is 1. The Morgan fingerprint density at radius 1 is 1.16 bits per heavy atom. The lowest BCUT2D eigenvalue weighted by Crippen LogP contribution is -2.28. The van der Waals surface area contributed by atoms with Crippen molar-refractivity contribution in [3.05, 3.63) is 63.7 Å². The Balaban J connectivity index is 1.61. The van der Waals surface area contributed by atoms with Gasteiger partial charge >= 0.3 is 0 Å². The lowest BCUT2D eigenvalue weighted by molar-refractivity contribution is -0.384. The van der Waals surface area contributed by atoms with Crippen molar-refractivity contribution in [3.63, 3.8) is 0 Å². The number of ether oxygens (including phenoxy) is 2. The minimum atomic E-state index is -0.464. The third-order valence-electron chi connectivity index (χ3n) is 3.96. The molecular weight excluding hydrogens is 324 g/mol. The van der Waals surface area contributed by atoms with Gasteiger partial charge in [-0.15, -0.1) is 0 Å². The van der Waals surface area contributed by atoms with E-state index in [0.29, 0.717) is 24.7 Å². The summed E-state index contributed by atoms with van der Waals surface area (Å²) >= 11 is 0. The van der Waals surface area contributed by atoms with Gasteiger partial charge in [-0.2, -0.15) is 0 Å². The standard InChI is InChI=1S/C18H18N2O5/c1-12(14-4-7-16-17(11-14)25-9-8-24-16)19-18(21)10-13-2-5-15(6-3-13)20(22)23/h2-7,11-12H,8-10H2,1H3,(H,19,21)/t12-/m1/s1. The van der Waals surface area contributed by atoms with Gasteiger partial charge in [-0.3, -0.25) is 14.9 Å². The molecule has 0 fully saturated rings. The first kappa shape index (κ1) is 16.8. The lowest BCUT2D eigenvalue weighted by Gasteiger charge is -2.21. The molecule has 0 radical (unpaired) electrons. The number of nitro benzene ring substituents is 1. The van der Waals surface area contributed by atoms with Crippen molar-refractivity contribution in [1.82, 2.24) is 5.32 Å². The zero-order valence-corrected chi connectivity index (χ0v) is 13.7. The van der Waals surface area contributed by atoms with Crippen LogP contribution in [-0.2, 0) is 11.2 Å². The quantitative estimate of drug-likeness (QED) is 0.666. The molecule has 0 aliphatic carbocycles. The van der Waals surface area contributed by atoms with Crippen molar-refractivity contribution < 1.29 is 19.2 Å². The largest absolute Gasteiger partial charge is 0.486 e. The molecule has 1 aliphatic rings. The van der Waals surface area contributed by atoms with Crippen molar-refractivity contribution >= 4 is 11.6 Å². The monoisotopic (exact) mass is 342 g/mol. The third kappa shape index (κ3) is 4.06. The summed E-state index contributed by atoms with van der Waals surface area (Å²) in [4.78, 5) is 22.4. The van der Waals surface area contributed by atoms with E-state index in [9.17, 15) is 14.9 Å². The zero-order chi connectivity index (χ0) is 17.8. The van der Waals surface area contributed by atoms with E-state index < -0.39 is 4.92 Å². The molecule has 3 rings (SSSR count). The molecule has 1 heterocycles. The average Bonchev–Trinajstić information content (AvgIpc) is 2.61. The molecule has 0 spiro atoms. The van der Waals surface area contributed by atoms with Gasteiger partial charge in [0.15, 0.2) is 11.5 Å². The Labute approximate surface area is 144 Å². The molecule has 25 heavy (non-hydrogen) atoms. The number of carbonyl (C=O) groups is 1. The Bertz CT molecular complexity index is 789. The fourth-order valence-corrected chi connectivity index (χ4v) is 2.63. The maximum atomic E-state index is 12.2. The van der Waals surface area contributed by atoms with Gasteiger partial charge in [0.05, 0.1) is 17.4 Å². The van der Waals surface area contributed by atoms with Crippen molar-refractivity contribution in [3.8, 4) is 11.5 Å². The molecule has 130 valence electrons. The first-order valence-electron chi connectivity index (χ1n) is 7.95. The summed E-state index contributed by atoms with van der Waals surface area (Å²) in [7, 11) is 0. The molecule has 1 N–H and O–H groups in total. The molecule has 2 aromatic carbocycles. The van der Waals surface area contributed by atoms with E-state index in [1.165, 1.54) is 12.1 Å². The Morgan fingerprint density at radius 3 is 2.52 bits per heavy atom. The Kier molecular flexibility index (Phi) is 4.83. The van der Waals surface area contributed by atoms with Crippen LogP contribution in [0.2, 0.25) is 0 Å². The highest BCUT2D eigenvalue weighted by molar-refractivity contribution is 5.79. The second-order valence-electron chi connectivity index (χ2n) is 5.79. The van der Waals surface area contributed by atoms with Crippen molar-refractivity contribution in [2.75, 3.05) is 13.2 Å². The molecule has 2 aromatic rings. The Morgan fingerprint density at radius 2 is 1.84 bits per heavy atom. The molecule has 7 heteroatoms. The van der Waals surface area contributed by atoms with E-state index in [4.69, 9.17) is 9.47 Å². The van der Waals surface area contributed by atoms with Gasteiger partial charge in [0.2, 0.25) is 5.91 Å². The van der Waals surface area contributed by atoms with Crippen LogP contribution in [0.15, 0.2) is 42.5 Å². The van der Waals surface area contributed by atoms with Crippen LogP contribution < -0.4 is 14.8 Å². The predicted molar refractivity (Wildman–Crippen MR) is 90.8 cm³/mol. The van der Waals surface area contributed by atoms with E-state index in [0.717, 1.165) is 11.1 Å². The second-order valence-corrected chi connectivity index (χ2v) is 5.79. The summed E-state index contributed by atoms with van der Waals surface area (Å²) < 4.78 is 11.0. The smallest absolute Gasteiger partial charge is 0.269 e. The van der Waals surface area contributed by atoms with E-state index in [2.05, 4.69) is 5.32 Å². The van der Waals surface area contributed by atoms with Gasteiger partial charge in [-0.25, -0.2) is 0 Å². The van der Waals surface area contributed by atoms with E-state index >= 15 is 0 Å². The molecule has 0 saturated carbocycles. The molecule has 0 unspecified atom stereocenters. The highest BCUT2D eigenvalue weighted by atomic mass is 16.6. The number of nitrogens with zero attached hydrogens (tertiary/aromatic N) is 1. The van der Waals surface area contributed by atoms with Crippen LogP contribution in [0.5, 0.6) is 11.5 Å². The number of nitro groups is 1. The van der Waals surface area contributed by atoms with Gasteiger partial charge in [-0.05, 0) is 30.2 Å². The normalized spacial score (nSPS) is 13.8. The minimum absolute atomic E-state index is 0.00815. The van der Waals surface area contributed by atoms with Crippen LogP contribution in [0.4, 0.5) is 5.69 Å². The summed E-state index contributed by atoms with van der Waals surface area (Å²) in [5.41, 5.74) is 1.65. The van der Waals surface area contributed by atoms with Crippen LogP contribution in [0.1, 0.15) is 24.1 Å². The number of benzene rings is 2. The maximum Gasteiger partial charge on any atom is 0.269 e. The topological polar surface area (TPSA) is 90.7 Å².